The molecule has 0 radical (unpaired) electrons. The van der Waals surface area contributed by atoms with Crippen LogP contribution in [0.15, 0.2) is 54.6 Å². The predicted octanol–water partition coefficient (Wildman–Crippen LogP) is 3.68. The molecule has 26 heavy (non-hydrogen) atoms. The fourth-order valence-electron chi connectivity index (χ4n) is 3.07. The summed E-state index contributed by atoms with van der Waals surface area (Å²) in [4.78, 5) is 28.3. The molecule has 2 aromatic rings. The van der Waals surface area contributed by atoms with E-state index in [4.69, 9.17) is 11.6 Å². The lowest BCUT2D eigenvalue weighted by molar-refractivity contribution is -0.117. The lowest BCUT2D eigenvalue weighted by Gasteiger charge is -2.24. The van der Waals surface area contributed by atoms with Crippen molar-refractivity contribution in [2.75, 3.05) is 18.0 Å². The average Bonchev–Trinajstić information content (AvgIpc) is 3.01. The highest BCUT2D eigenvalue weighted by Crippen LogP contribution is 2.23. The topological polar surface area (TPSA) is 52.7 Å². The number of hydrogen-bond donors (Lipinski definition) is 1. The van der Waals surface area contributed by atoms with Gasteiger partial charge in [0.1, 0.15) is 0 Å². The van der Waals surface area contributed by atoms with Crippen LogP contribution in [0.1, 0.15) is 18.9 Å². The first kappa shape index (κ1) is 18.3. The summed E-state index contributed by atoms with van der Waals surface area (Å²) < 4.78 is 0. The van der Waals surface area contributed by atoms with E-state index in [0.717, 1.165) is 11.3 Å². The molecule has 1 N–H and O–H groups in total. The van der Waals surface area contributed by atoms with Crippen LogP contribution in [0, 0.1) is 0 Å². The first-order valence-corrected chi connectivity index (χ1v) is 9.10. The summed E-state index contributed by atoms with van der Waals surface area (Å²) in [6, 6.07) is 16.7. The van der Waals surface area contributed by atoms with Crippen molar-refractivity contribution in [2.24, 2.45) is 0 Å². The third-order valence-electron chi connectivity index (χ3n) is 4.48. The Morgan fingerprint density at radius 2 is 1.88 bits per heavy atom. The minimum Gasteiger partial charge on any atom is -0.333 e. The molecule has 5 nitrogen and oxygen atoms in total. The second kappa shape index (κ2) is 8.23. The Bertz CT molecular complexity index is 764. The Morgan fingerprint density at radius 1 is 1.19 bits per heavy atom. The van der Waals surface area contributed by atoms with E-state index >= 15 is 0 Å². The van der Waals surface area contributed by atoms with Gasteiger partial charge in [-0.15, -0.1) is 0 Å². The molecule has 1 heterocycles. The molecule has 1 saturated heterocycles. The molecule has 2 aromatic carbocycles. The van der Waals surface area contributed by atoms with Gasteiger partial charge in [-0.05, 0) is 36.8 Å². The van der Waals surface area contributed by atoms with Crippen LogP contribution in [-0.4, -0.2) is 36.0 Å². The fourth-order valence-corrected chi connectivity index (χ4v) is 3.20. The average molecular weight is 372 g/mol. The van der Waals surface area contributed by atoms with Gasteiger partial charge in [0.25, 0.3) is 0 Å². The number of urea groups is 1. The Hall–Kier alpha value is -2.53. The van der Waals surface area contributed by atoms with Crippen LogP contribution in [0.3, 0.4) is 0 Å². The van der Waals surface area contributed by atoms with Gasteiger partial charge in [-0.3, -0.25) is 4.79 Å². The molecule has 136 valence electrons. The zero-order valence-electron chi connectivity index (χ0n) is 14.7. The van der Waals surface area contributed by atoms with Gasteiger partial charge in [0.2, 0.25) is 5.91 Å². The first-order valence-electron chi connectivity index (χ1n) is 8.72. The maximum atomic E-state index is 12.6. The number of amides is 3. The predicted molar refractivity (Wildman–Crippen MR) is 103 cm³/mol. The van der Waals surface area contributed by atoms with Crippen LogP contribution in [0.2, 0.25) is 5.02 Å². The van der Waals surface area contributed by atoms with Crippen LogP contribution in [0.25, 0.3) is 0 Å². The number of nitrogens with one attached hydrogen (secondary N) is 1. The van der Waals surface area contributed by atoms with E-state index in [1.54, 1.807) is 21.9 Å². The Balaban J connectivity index is 1.60. The van der Waals surface area contributed by atoms with Crippen LogP contribution in [0.5, 0.6) is 0 Å². The van der Waals surface area contributed by atoms with Crippen molar-refractivity contribution in [1.29, 1.82) is 0 Å². The number of carbonyl (C=O) groups is 2. The zero-order valence-corrected chi connectivity index (χ0v) is 15.4. The van der Waals surface area contributed by atoms with Gasteiger partial charge in [0.15, 0.2) is 0 Å². The van der Waals surface area contributed by atoms with Crippen LogP contribution < -0.4 is 10.2 Å². The Morgan fingerprint density at radius 3 is 2.54 bits per heavy atom. The normalized spacial score (nSPS) is 16.6. The molecule has 1 atom stereocenters. The first-order chi connectivity index (χ1) is 12.6. The lowest BCUT2D eigenvalue weighted by Crippen LogP contribution is -2.45. The van der Waals surface area contributed by atoms with Gasteiger partial charge in [-0.2, -0.15) is 0 Å². The third kappa shape index (κ3) is 4.35. The quantitative estimate of drug-likeness (QED) is 0.871. The van der Waals surface area contributed by atoms with E-state index in [1.807, 2.05) is 49.4 Å². The molecule has 0 aliphatic carbocycles. The summed E-state index contributed by atoms with van der Waals surface area (Å²) in [6.07, 6.45) is 0.303. The van der Waals surface area contributed by atoms with Gasteiger partial charge < -0.3 is 15.1 Å². The second-order valence-corrected chi connectivity index (χ2v) is 6.77. The van der Waals surface area contributed by atoms with Gasteiger partial charge in [0, 0.05) is 36.8 Å². The molecule has 0 bridgehead atoms. The maximum Gasteiger partial charge on any atom is 0.317 e. The zero-order chi connectivity index (χ0) is 18.5. The summed E-state index contributed by atoms with van der Waals surface area (Å²) in [5.74, 6) is 0.00345. The third-order valence-corrected chi connectivity index (χ3v) is 4.73. The highest BCUT2D eigenvalue weighted by Gasteiger charge is 2.32. The van der Waals surface area contributed by atoms with Crippen molar-refractivity contribution in [3.8, 4) is 0 Å². The molecule has 1 fully saturated rings. The second-order valence-electron chi connectivity index (χ2n) is 6.33. The molecule has 0 spiro atoms. The molecular weight excluding hydrogens is 350 g/mol. The van der Waals surface area contributed by atoms with Crippen LogP contribution in [0.4, 0.5) is 10.5 Å². The SMILES string of the molecule is CCN(Cc1ccccc1)C(=O)N[C@H]1CC(=O)N(c2ccc(Cl)cc2)C1. The number of nitrogens with zero attached hydrogens (tertiary/aromatic N) is 2. The summed E-state index contributed by atoms with van der Waals surface area (Å²) in [5, 5.41) is 3.62. The molecule has 1 aliphatic rings. The van der Waals surface area contributed by atoms with E-state index in [0.29, 0.717) is 31.1 Å². The molecule has 6 heteroatoms. The van der Waals surface area contributed by atoms with E-state index in [9.17, 15) is 9.59 Å². The molecule has 1 aliphatic heterocycles. The minimum absolute atomic E-state index is 0.00345. The van der Waals surface area contributed by atoms with Gasteiger partial charge in [-0.1, -0.05) is 41.9 Å². The molecule has 3 amide bonds. The molecule has 3 rings (SSSR count). The van der Waals surface area contributed by atoms with E-state index in [1.165, 1.54) is 0 Å². The number of benzene rings is 2. The number of hydrogen-bond acceptors (Lipinski definition) is 2. The van der Waals surface area contributed by atoms with Gasteiger partial charge in [-0.25, -0.2) is 4.79 Å². The Labute approximate surface area is 158 Å². The smallest absolute Gasteiger partial charge is 0.317 e. The monoisotopic (exact) mass is 371 g/mol. The summed E-state index contributed by atoms with van der Waals surface area (Å²) in [5.41, 5.74) is 1.88. The molecule has 0 unspecified atom stereocenters. The highest BCUT2D eigenvalue weighted by atomic mass is 35.5. The molecular formula is C20H22ClN3O2. The number of halogens is 1. The summed E-state index contributed by atoms with van der Waals surface area (Å²) in [7, 11) is 0. The maximum absolute atomic E-state index is 12.6. The van der Waals surface area contributed by atoms with Crippen LogP contribution >= 0.6 is 11.6 Å². The van der Waals surface area contributed by atoms with Crippen molar-refractivity contribution in [3.63, 3.8) is 0 Å². The Kier molecular flexibility index (Phi) is 5.78. The van der Waals surface area contributed by atoms with Crippen molar-refractivity contribution in [2.45, 2.75) is 25.9 Å². The largest absolute Gasteiger partial charge is 0.333 e. The lowest BCUT2D eigenvalue weighted by atomic mass is 10.2. The van der Waals surface area contributed by atoms with E-state index in [-0.39, 0.29) is 18.0 Å². The molecule has 0 aromatic heterocycles. The standard InChI is InChI=1S/C20H22ClN3O2/c1-2-23(13-15-6-4-3-5-7-15)20(26)22-17-12-19(25)24(14-17)18-10-8-16(21)9-11-18/h3-11,17H,2,12-14H2,1H3,(H,22,26)/t17-/m0/s1. The van der Waals surface area contributed by atoms with E-state index in [2.05, 4.69) is 5.32 Å². The highest BCUT2D eigenvalue weighted by molar-refractivity contribution is 6.30. The minimum atomic E-state index is -0.199. The van der Waals surface area contributed by atoms with Crippen molar-refractivity contribution in [3.05, 3.63) is 65.2 Å². The van der Waals surface area contributed by atoms with Crippen molar-refractivity contribution >= 4 is 29.2 Å². The number of carbonyl (C=O) groups excluding carboxylic acids is 2. The van der Waals surface area contributed by atoms with E-state index < -0.39 is 0 Å². The fraction of sp³-hybridized carbons (Fsp3) is 0.300. The molecule has 0 saturated carbocycles. The van der Waals surface area contributed by atoms with Crippen LogP contribution in [-0.2, 0) is 11.3 Å². The summed E-state index contributed by atoms with van der Waals surface area (Å²) >= 11 is 5.90. The summed E-state index contributed by atoms with van der Waals surface area (Å²) in [6.45, 7) is 3.56. The van der Waals surface area contributed by atoms with Crippen molar-refractivity contribution < 1.29 is 9.59 Å². The van der Waals surface area contributed by atoms with Gasteiger partial charge in [0.05, 0.1) is 6.04 Å². The van der Waals surface area contributed by atoms with Gasteiger partial charge >= 0.3 is 6.03 Å². The number of rotatable bonds is 5. The number of anilines is 1. The van der Waals surface area contributed by atoms with Crippen molar-refractivity contribution in [1.82, 2.24) is 10.2 Å².